The van der Waals surface area contributed by atoms with E-state index in [1.165, 1.54) is 64.2 Å². The number of hydrogen-bond donors (Lipinski definition) is 5. The Morgan fingerprint density at radius 3 is 1.44 bits per heavy atom. The van der Waals surface area contributed by atoms with E-state index >= 15 is 0 Å². The van der Waals surface area contributed by atoms with Crippen LogP contribution in [0.4, 0.5) is 0 Å². The average molecular weight is 491 g/mol. The van der Waals surface area contributed by atoms with Crippen molar-refractivity contribution >= 4 is 5.97 Å². The van der Waals surface area contributed by atoms with Crippen LogP contribution in [0.15, 0.2) is 0 Å². The highest BCUT2D eigenvalue weighted by molar-refractivity contribution is 5.75. The molecule has 0 radical (unpaired) electrons. The van der Waals surface area contributed by atoms with Gasteiger partial charge in [0.15, 0.2) is 6.10 Å². The largest absolute Gasteiger partial charge is 0.454 e. The standard InChI is InChI=1S/C27H54O7/c1-3-5-6-7-8-9-10-11-12-13-14-15-16-17-19-26(21-29,22-30)27(23-31,18-4-2)34-25(33)24(32)20-28/h24,28-32H,3-23H2,1-2H3. The zero-order valence-electron chi connectivity index (χ0n) is 22.0. The summed E-state index contributed by atoms with van der Waals surface area (Å²) in [5, 5.41) is 49.3. The number of unbranched alkanes of at least 4 members (excludes halogenated alkanes) is 13. The Balaban J connectivity index is 4.48. The van der Waals surface area contributed by atoms with E-state index < -0.39 is 49.5 Å². The Kier molecular flexibility index (Phi) is 20.0. The molecule has 0 rings (SSSR count). The lowest BCUT2D eigenvalue weighted by Crippen LogP contribution is -2.59. The summed E-state index contributed by atoms with van der Waals surface area (Å²) in [7, 11) is 0. The van der Waals surface area contributed by atoms with Gasteiger partial charge in [-0.3, -0.25) is 0 Å². The van der Waals surface area contributed by atoms with Crippen LogP contribution >= 0.6 is 0 Å². The number of esters is 1. The van der Waals surface area contributed by atoms with Crippen molar-refractivity contribution in [2.45, 2.75) is 135 Å². The quantitative estimate of drug-likeness (QED) is 0.101. The summed E-state index contributed by atoms with van der Waals surface area (Å²) in [5.41, 5.74) is -2.74. The van der Waals surface area contributed by atoms with Crippen molar-refractivity contribution in [3.05, 3.63) is 0 Å². The number of aliphatic hydroxyl groups is 5. The first-order chi connectivity index (χ1) is 16.4. The van der Waals surface area contributed by atoms with Gasteiger partial charge in [-0.25, -0.2) is 4.79 Å². The Labute approximate surface area is 207 Å². The minimum absolute atomic E-state index is 0.229. The van der Waals surface area contributed by atoms with E-state index in [0.29, 0.717) is 12.8 Å². The SMILES string of the molecule is CCCCCCCCCCCCCCCCC(CO)(CO)C(CO)(CCC)OC(=O)C(O)CO. The fourth-order valence-corrected chi connectivity index (χ4v) is 4.82. The second-order valence-corrected chi connectivity index (χ2v) is 9.96. The van der Waals surface area contributed by atoms with Gasteiger partial charge in [-0.15, -0.1) is 0 Å². The molecular formula is C27H54O7. The van der Waals surface area contributed by atoms with Crippen molar-refractivity contribution in [3.8, 4) is 0 Å². The third kappa shape index (κ3) is 11.8. The summed E-state index contributed by atoms with van der Waals surface area (Å²) in [5.74, 6) is -1.06. The molecule has 34 heavy (non-hydrogen) atoms. The van der Waals surface area contributed by atoms with Crippen LogP contribution in [0.3, 0.4) is 0 Å². The molecule has 2 unspecified atom stereocenters. The topological polar surface area (TPSA) is 127 Å². The molecule has 0 aliphatic heterocycles. The number of carbonyl (C=O) groups is 1. The molecule has 2 atom stereocenters. The van der Waals surface area contributed by atoms with E-state index in [-0.39, 0.29) is 6.42 Å². The van der Waals surface area contributed by atoms with E-state index in [2.05, 4.69) is 6.92 Å². The smallest absolute Gasteiger partial charge is 0.338 e. The summed E-state index contributed by atoms with van der Waals surface area (Å²) in [4.78, 5) is 12.2. The Morgan fingerprint density at radius 1 is 0.647 bits per heavy atom. The molecule has 0 spiro atoms. The first kappa shape index (κ1) is 33.3. The molecule has 0 saturated heterocycles. The molecule has 7 nitrogen and oxygen atoms in total. The van der Waals surface area contributed by atoms with Crippen LogP contribution in [-0.4, -0.2) is 69.6 Å². The molecule has 0 heterocycles. The molecule has 0 amide bonds. The van der Waals surface area contributed by atoms with Crippen LogP contribution in [0.1, 0.15) is 123 Å². The lowest BCUT2D eigenvalue weighted by molar-refractivity contribution is -0.213. The lowest BCUT2D eigenvalue weighted by Gasteiger charge is -2.47. The van der Waals surface area contributed by atoms with E-state index in [4.69, 9.17) is 9.84 Å². The number of rotatable bonds is 24. The maximum Gasteiger partial charge on any atom is 0.338 e. The summed E-state index contributed by atoms with van der Waals surface area (Å²) in [6, 6.07) is 0. The maximum atomic E-state index is 12.2. The van der Waals surface area contributed by atoms with Crippen molar-refractivity contribution < 1.29 is 35.1 Å². The third-order valence-electron chi connectivity index (χ3n) is 7.23. The van der Waals surface area contributed by atoms with Crippen molar-refractivity contribution in [3.63, 3.8) is 0 Å². The highest BCUT2D eigenvalue weighted by Crippen LogP contribution is 2.42. The lowest BCUT2D eigenvalue weighted by atomic mass is 9.67. The molecule has 204 valence electrons. The number of aliphatic hydroxyl groups excluding tert-OH is 5. The predicted octanol–water partition coefficient (Wildman–Crippen LogP) is 4.26. The summed E-state index contributed by atoms with van der Waals surface area (Å²) >= 11 is 0. The summed E-state index contributed by atoms with van der Waals surface area (Å²) in [6.07, 6.45) is 16.5. The number of carbonyl (C=O) groups excluding carboxylic acids is 1. The van der Waals surface area contributed by atoms with Gasteiger partial charge in [0, 0.05) is 0 Å². The van der Waals surface area contributed by atoms with Gasteiger partial charge in [-0.2, -0.15) is 0 Å². The van der Waals surface area contributed by atoms with Gasteiger partial charge in [0.25, 0.3) is 0 Å². The van der Waals surface area contributed by atoms with E-state index in [0.717, 1.165) is 25.7 Å². The van der Waals surface area contributed by atoms with Gasteiger partial charge in [0.2, 0.25) is 0 Å². The molecular weight excluding hydrogens is 436 g/mol. The number of ether oxygens (including phenoxy) is 1. The van der Waals surface area contributed by atoms with Gasteiger partial charge in [0.05, 0.1) is 31.8 Å². The molecule has 5 N–H and O–H groups in total. The number of hydrogen-bond acceptors (Lipinski definition) is 7. The summed E-state index contributed by atoms with van der Waals surface area (Å²) < 4.78 is 5.48. The van der Waals surface area contributed by atoms with E-state index in [1.54, 1.807) is 0 Å². The van der Waals surface area contributed by atoms with Gasteiger partial charge in [-0.05, 0) is 12.8 Å². The summed E-state index contributed by atoms with van der Waals surface area (Å²) in [6.45, 7) is 1.82. The zero-order valence-corrected chi connectivity index (χ0v) is 22.0. The van der Waals surface area contributed by atoms with Crippen LogP contribution in [0, 0.1) is 5.41 Å². The van der Waals surface area contributed by atoms with Crippen LogP contribution in [-0.2, 0) is 9.53 Å². The van der Waals surface area contributed by atoms with Crippen molar-refractivity contribution in [1.29, 1.82) is 0 Å². The fourth-order valence-electron chi connectivity index (χ4n) is 4.82. The first-order valence-electron chi connectivity index (χ1n) is 13.8. The normalized spacial score (nSPS) is 14.7. The molecule has 7 heteroatoms. The van der Waals surface area contributed by atoms with Crippen LogP contribution in [0.25, 0.3) is 0 Å². The van der Waals surface area contributed by atoms with Crippen LogP contribution in [0.2, 0.25) is 0 Å². The Hall–Kier alpha value is -0.730. The highest BCUT2D eigenvalue weighted by atomic mass is 16.6. The minimum atomic E-state index is -1.72. The molecule has 0 aromatic rings. The van der Waals surface area contributed by atoms with Crippen LogP contribution < -0.4 is 0 Å². The molecule has 0 saturated carbocycles. The molecule has 0 aromatic carbocycles. The Morgan fingerprint density at radius 2 is 1.09 bits per heavy atom. The van der Waals surface area contributed by atoms with Crippen molar-refractivity contribution in [1.82, 2.24) is 0 Å². The first-order valence-corrected chi connectivity index (χ1v) is 13.8. The van der Waals surface area contributed by atoms with Crippen molar-refractivity contribution in [2.24, 2.45) is 5.41 Å². The van der Waals surface area contributed by atoms with Gasteiger partial charge < -0.3 is 30.3 Å². The second kappa shape index (κ2) is 20.5. The zero-order chi connectivity index (χ0) is 25.7. The molecule has 0 aliphatic rings. The third-order valence-corrected chi connectivity index (χ3v) is 7.23. The highest BCUT2D eigenvalue weighted by Gasteiger charge is 2.53. The average Bonchev–Trinajstić information content (AvgIpc) is 2.85. The van der Waals surface area contributed by atoms with E-state index in [1.807, 2.05) is 6.92 Å². The fraction of sp³-hybridized carbons (Fsp3) is 0.963. The van der Waals surface area contributed by atoms with Crippen molar-refractivity contribution in [2.75, 3.05) is 26.4 Å². The Bertz CT molecular complexity index is 482. The monoisotopic (exact) mass is 490 g/mol. The minimum Gasteiger partial charge on any atom is -0.454 e. The molecule has 0 aliphatic carbocycles. The second-order valence-electron chi connectivity index (χ2n) is 9.96. The van der Waals surface area contributed by atoms with Crippen LogP contribution in [0.5, 0.6) is 0 Å². The molecule has 0 aromatic heterocycles. The predicted molar refractivity (Wildman–Crippen MR) is 135 cm³/mol. The van der Waals surface area contributed by atoms with Gasteiger partial charge >= 0.3 is 5.97 Å². The van der Waals surface area contributed by atoms with Gasteiger partial charge in [0.1, 0.15) is 5.60 Å². The van der Waals surface area contributed by atoms with Gasteiger partial charge in [-0.1, -0.05) is 110 Å². The molecule has 0 bridgehead atoms. The maximum absolute atomic E-state index is 12.2. The molecule has 0 fully saturated rings. The van der Waals surface area contributed by atoms with E-state index in [9.17, 15) is 25.2 Å².